The maximum atomic E-state index is 10.6. The van der Waals surface area contributed by atoms with Gasteiger partial charge in [0.2, 0.25) is 0 Å². The second-order valence-electron chi connectivity index (χ2n) is 3.88. The van der Waals surface area contributed by atoms with E-state index in [1.807, 2.05) is 20.8 Å². The molecular formula is C8H13N3O3. The van der Waals surface area contributed by atoms with Crippen molar-refractivity contribution in [1.29, 1.82) is 0 Å². The summed E-state index contributed by atoms with van der Waals surface area (Å²) in [6.07, 6.45) is 1.20. The topological polar surface area (TPSA) is 70.2 Å². The Morgan fingerprint density at radius 1 is 1.57 bits per heavy atom. The van der Waals surface area contributed by atoms with Crippen molar-refractivity contribution in [2.24, 2.45) is 0 Å². The number of rotatable bonds is 2. The Morgan fingerprint density at radius 2 is 2.14 bits per heavy atom. The molecule has 0 aromatic carbocycles. The zero-order valence-electron chi connectivity index (χ0n) is 8.64. The summed E-state index contributed by atoms with van der Waals surface area (Å²) in [4.78, 5) is 10.1. The number of hydrogen-bond donors (Lipinski definition) is 0. The van der Waals surface area contributed by atoms with Crippen molar-refractivity contribution in [3.05, 3.63) is 16.3 Å². The van der Waals surface area contributed by atoms with Crippen molar-refractivity contribution in [3.8, 4) is 5.88 Å². The van der Waals surface area contributed by atoms with E-state index in [1.54, 1.807) is 0 Å². The largest absolute Gasteiger partial charge is 0.476 e. The predicted molar refractivity (Wildman–Crippen MR) is 50.4 cm³/mol. The van der Waals surface area contributed by atoms with Gasteiger partial charge in [-0.2, -0.15) is 5.10 Å². The van der Waals surface area contributed by atoms with Gasteiger partial charge in [0.15, 0.2) is 0 Å². The van der Waals surface area contributed by atoms with E-state index in [0.717, 1.165) is 0 Å². The minimum atomic E-state index is -0.506. The van der Waals surface area contributed by atoms with Crippen LogP contribution < -0.4 is 4.74 Å². The Morgan fingerprint density at radius 3 is 2.50 bits per heavy atom. The molecule has 0 saturated carbocycles. The zero-order chi connectivity index (χ0) is 10.9. The lowest BCUT2D eigenvalue weighted by Gasteiger charge is -2.20. The molecule has 0 saturated heterocycles. The molecular weight excluding hydrogens is 186 g/mol. The number of hydrogen-bond acceptors (Lipinski definition) is 4. The van der Waals surface area contributed by atoms with E-state index in [0.29, 0.717) is 0 Å². The number of methoxy groups -OCH3 is 1. The van der Waals surface area contributed by atoms with Gasteiger partial charge in [-0.1, -0.05) is 0 Å². The molecule has 0 N–H and O–H groups in total. The van der Waals surface area contributed by atoms with Gasteiger partial charge in [-0.25, -0.2) is 4.68 Å². The molecule has 0 amide bonds. The van der Waals surface area contributed by atoms with E-state index in [4.69, 9.17) is 4.74 Å². The van der Waals surface area contributed by atoms with Crippen LogP contribution in [-0.2, 0) is 5.54 Å². The van der Waals surface area contributed by atoms with Gasteiger partial charge in [0.05, 0.1) is 17.6 Å². The van der Waals surface area contributed by atoms with Crippen LogP contribution >= 0.6 is 0 Å². The molecule has 1 aromatic rings. The van der Waals surface area contributed by atoms with Crippen LogP contribution in [0.5, 0.6) is 5.88 Å². The average Bonchev–Trinajstić information content (AvgIpc) is 2.45. The van der Waals surface area contributed by atoms with Gasteiger partial charge >= 0.3 is 5.69 Å². The van der Waals surface area contributed by atoms with Crippen LogP contribution in [0.2, 0.25) is 0 Å². The van der Waals surface area contributed by atoms with Gasteiger partial charge in [0.1, 0.15) is 6.20 Å². The van der Waals surface area contributed by atoms with Crippen LogP contribution in [0, 0.1) is 10.1 Å². The lowest BCUT2D eigenvalue weighted by atomic mass is 10.1. The first-order valence-electron chi connectivity index (χ1n) is 4.15. The average molecular weight is 199 g/mol. The highest BCUT2D eigenvalue weighted by molar-refractivity contribution is 5.39. The maximum Gasteiger partial charge on any atom is 0.350 e. The first-order valence-corrected chi connectivity index (χ1v) is 4.15. The number of nitro groups is 1. The number of aromatic nitrogens is 2. The minimum absolute atomic E-state index is 0.109. The highest BCUT2D eigenvalue weighted by Crippen LogP contribution is 2.30. The van der Waals surface area contributed by atoms with Gasteiger partial charge in [-0.05, 0) is 20.8 Å². The maximum absolute atomic E-state index is 10.6. The molecule has 0 radical (unpaired) electrons. The second-order valence-corrected chi connectivity index (χ2v) is 3.88. The highest BCUT2D eigenvalue weighted by atomic mass is 16.6. The Kier molecular flexibility index (Phi) is 2.46. The summed E-state index contributed by atoms with van der Waals surface area (Å²) in [6, 6.07) is 0. The van der Waals surface area contributed by atoms with Crippen LogP contribution in [0.25, 0.3) is 0 Å². The molecule has 0 aliphatic heterocycles. The summed E-state index contributed by atoms with van der Waals surface area (Å²) in [6.45, 7) is 5.69. The fourth-order valence-electron chi connectivity index (χ4n) is 1.12. The lowest BCUT2D eigenvalue weighted by molar-refractivity contribution is -0.385. The Balaban J connectivity index is 3.28. The van der Waals surface area contributed by atoms with Crippen molar-refractivity contribution in [2.45, 2.75) is 26.3 Å². The first-order chi connectivity index (χ1) is 6.38. The molecule has 0 unspecified atom stereocenters. The Hall–Kier alpha value is -1.59. The summed E-state index contributed by atoms with van der Waals surface area (Å²) in [5.41, 5.74) is -0.443. The Labute approximate surface area is 81.6 Å². The van der Waals surface area contributed by atoms with Crippen molar-refractivity contribution in [3.63, 3.8) is 0 Å². The minimum Gasteiger partial charge on any atom is -0.476 e. The van der Waals surface area contributed by atoms with Crippen LogP contribution in [0.4, 0.5) is 5.69 Å². The number of nitrogens with zero attached hydrogens (tertiary/aromatic N) is 3. The van der Waals surface area contributed by atoms with Crippen molar-refractivity contribution in [2.75, 3.05) is 7.11 Å². The summed E-state index contributed by atoms with van der Waals surface area (Å²) in [7, 11) is 1.40. The second kappa shape index (κ2) is 3.28. The summed E-state index contributed by atoms with van der Waals surface area (Å²) >= 11 is 0. The van der Waals surface area contributed by atoms with E-state index >= 15 is 0 Å². The van der Waals surface area contributed by atoms with Crippen LogP contribution in [0.1, 0.15) is 20.8 Å². The smallest absolute Gasteiger partial charge is 0.350 e. The molecule has 1 heterocycles. The molecule has 6 heteroatoms. The molecule has 1 rings (SSSR count). The van der Waals surface area contributed by atoms with E-state index < -0.39 is 4.92 Å². The molecule has 6 nitrogen and oxygen atoms in total. The number of ether oxygens (including phenoxy) is 1. The van der Waals surface area contributed by atoms with E-state index in [1.165, 1.54) is 18.0 Å². The fourth-order valence-corrected chi connectivity index (χ4v) is 1.12. The van der Waals surface area contributed by atoms with Gasteiger partial charge in [0.25, 0.3) is 5.88 Å². The third-order valence-corrected chi connectivity index (χ3v) is 1.73. The molecule has 1 aromatic heterocycles. The van der Waals surface area contributed by atoms with Crippen molar-refractivity contribution in [1.82, 2.24) is 9.78 Å². The molecule has 78 valence electrons. The third-order valence-electron chi connectivity index (χ3n) is 1.73. The zero-order valence-corrected chi connectivity index (χ0v) is 8.64. The van der Waals surface area contributed by atoms with Gasteiger partial charge in [-0.3, -0.25) is 10.1 Å². The van der Waals surface area contributed by atoms with E-state index in [9.17, 15) is 10.1 Å². The Bertz CT molecular complexity index is 351. The van der Waals surface area contributed by atoms with Crippen molar-refractivity contribution < 1.29 is 9.66 Å². The van der Waals surface area contributed by atoms with Crippen LogP contribution in [0.3, 0.4) is 0 Å². The SMILES string of the molecule is COc1c([N+](=O)[O-])cnn1C(C)(C)C. The summed E-state index contributed by atoms with van der Waals surface area (Å²) in [5.74, 6) is 0.183. The predicted octanol–water partition coefficient (Wildman–Crippen LogP) is 1.55. The summed E-state index contributed by atoms with van der Waals surface area (Å²) in [5, 5.41) is 14.5. The molecule has 0 aliphatic carbocycles. The normalized spacial score (nSPS) is 11.4. The van der Waals surface area contributed by atoms with Gasteiger partial charge in [-0.15, -0.1) is 0 Å². The van der Waals surface area contributed by atoms with Gasteiger partial charge in [0, 0.05) is 0 Å². The molecule has 0 spiro atoms. The third kappa shape index (κ3) is 1.68. The van der Waals surface area contributed by atoms with Crippen LogP contribution in [-0.4, -0.2) is 21.8 Å². The van der Waals surface area contributed by atoms with Gasteiger partial charge < -0.3 is 4.74 Å². The molecule has 0 bridgehead atoms. The first kappa shape index (κ1) is 10.5. The molecule has 0 atom stereocenters. The molecule has 0 aliphatic rings. The monoisotopic (exact) mass is 199 g/mol. The fraction of sp³-hybridized carbons (Fsp3) is 0.625. The highest BCUT2D eigenvalue weighted by Gasteiger charge is 2.27. The quantitative estimate of drug-likeness (QED) is 0.535. The standard InChI is InChI=1S/C8H13N3O3/c1-8(2,3)10-7(14-4)6(5-9-10)11(12)13/h5H,1-4H3. The summed E-state index contributed by atoms with van der Waals surface area (Å²) < 4.78 is 6.45. The molecule has 0 fully saturated rings. The van der Waals surface area contributed by atoms with E-state index in [-0.39, 0.29) is 17.1 Å². The van der Waals surface area contributed by atoms with Crippen molar-refractivity contribution >= 4 is 5.69 Å². The van der Waals surface area contributed by atoms with E-state index in [2.05, 4.69) is 5.10 Å². The molecule has 14 heavy (non-hydrogen) atoms. The van der Waals surface area contributed by atoms with Crippen LogP contribution in [0.15, 0.2) is 6.20 Å². The lowest BCUT2D eigenvalue weighted by Crippen LogP contribution is -2.23.